The average molecular weight is 476 g/mol. The molecule has 2 aromatic carbocycles. The van der Waals surface area contributed by atoms with Crippen molar-refractivity contribution in [1.29, 1.82) is 0 Å². The van der Waals surface area contributed by atoms with Crippen LogP contribution in [0.25, 0.3) is 6.08 Å². The van der Waals surface area contributed by atoms with Crippen molar-refractivity contribution in [3.05, 3.63) is 73.6 Å². The number of nitrogens with one attached hydrogen (secondary N) is 1. The van der Waals surface area contributed by atoms with Crippen LogP contribution in [-0.2, 0) is 14.3 Å². The lowest BCUT2D eigenvalue weighted by molar-refractivity contribution is -0.384. The number of ether oxygens (including phenoxy) is 1. The number of esters is 1. The monoisotopic (exact) mass is 475 g/mol. The molecule has 32 heavy (non-hydrogen) atoms. The van der Waals surface area contributed by atoms with Gasteiger partial charge in [-0.15, -0.1) is 0 Å². The van der Waals surface area contributed by atoms with Crippen LogP contribution < -0.4 is 5.32 Å². The van der Waals surface area contributed by atoms with Crippen molar-refractivity contribution in [1.82, 2.24) is 4.90 Å². The number of nitrogens with zero attached hydrogens (tertiary/aromatic N) is 2. The highest BCUT2D eigenvalue weighted by Gasteiger charge is 2.36. The molecule has 0 unspecified atom stereocenters. The van der Waals surface area contributed by atoms with E-state index in [4.69, 9.17) is 11.6 Å². The Morgan fingerprint density at radius 3 is 2.53 bits per heavy atom. The number of anilines is 1. The summed E-state index contributed by atoms with van der Waals surface area (Å²) in [4.78, 5) is 59.9. The Labute approximate surface area is 190 Å². The van der Waals surface area contributed by atoms with Crippen LogP contribution in [0.3, 0.4) is 0 Å². The molecule has 0 aliphatic carbocycles. The van der Waals surface area contributed by atoms with E-state index in [1.807, 2.05) is 0 Å². The molecule has 3 rings (SSSR count). The number of nitro benzene ring substituents is 1. The summed E-state index contributed by atoms with van der Waals surface area (Å²) in [6.07, 6.45) is 1.41. The Hall–Kier alpha value is -3.70. The first-order valence-corrected chi connectivity index (χ1v) is 10.1. The number of non-ortho nitro benzene ring substituents is 1. The van der Waals surface area contributed by atoms with Gasteiger partial charge in [-0.3, -0.25) is 29.4 Å². The molecular weight excluding hydrogens is 462 g/mol. The molecule has 1 N–H and O–H groups in total. The molecule has 10 nitrogen and oxygen atoms in total. The summed E-state index contributed by atoms with van der Waals surface area (Å²) < 4.78 is 4.62. The third-order valence-electron chi connectivity index (χ3n) is 4.23. The second kappa shape index (κ2) is 9.62. The number of rotatable bonds is 6. The molecule has 1 aliphatic rings. The van der Waals surface area contributed by atoms with E-state index in [0.717, 1.165) is 4.90 Å². The minimum Gasteiger partial charge on any atom is -0.465 e. The van der Waals surface area contributed by atoms with Crippen LogP contribution in [0.15, 0.2) is 47.4 Å². The Morgan fingerprint density at radius 2 is 1.91 bits per heavy atom. The van der Waals surface area contributed by atoms with E-state index < -0.39 is 34.5 Å². The molecule has 0 spiro atoms. The van der Waals surface area contributed by atoms with Gasteiger partial charge in [0.2, 0.25) is 5.91 Å². The second-order valence-corrected chi connectivity index (χ2v) is 7.75. The number of thioether (sulfide) groups is 1. The zero-order valence-electron chi connectivity index (χ0n) is 16.4. The highest BCUT2D eigenvalue weighted by Crippen LogP contribution is 2.32. The van der Waals surface area contributed by atoms with Crippen molar-refractivity contribution in [3.8, 4) is 0 Å². The fourth-order valence-electron chi connectivity index (χ4n) is 2.69. The van der Waals surface area contributed by atoms with E-state index in [0.29, 0.717) is 17.3 Å². The Kier molecular flexibility index (Phi) is 6.91. The number of carbonyl (C=O) groups excluding carboxylic acids is 4. The standard InChI is InChI=1S/C20H14ClN3O7S/c1-31-19(27)14-9-12(4-7-15(14)21)22-17(25)10-23-18(26)16(32-20(23)28)8-11-2-5-13(6-3-11)24(29)30/h2-9H,10H2,1H3,(H,22,25)/b16-8+. The first-order chi connectivity index (χ1) is 15.2. The van der Waals surface area contributed by atoms with E-state index in [-0.39, 0.29) is 26.9 Å². The molecule has 3 amide bonds. The maximum atomic E-state index is 12.6. The predicted octanol–water partition coefficient (Wildman–Crippen LogP) is 3.71. The Balaban J connectivity index is 1.69. The maximum absolute atomic E-state index is 12.6. The number of benzene rings is 2. The molecule has 1 heterocycles. The lowest BCUT2D eigenvalue weighted by atomic mass is 10.2. The number of amides is 3. The van der Waals surface area contributed by atoms with Crippen LogP contribution in [0.1, 0.15) is 15.9 Å². The third-order valence-corrected chi connectivity index (χ3v) is 5.47. The van der Waals surface area contributed by atoms with Crippen LogP contribution >= 0.6 is 23.4 Å². The summed E-state index contributed by atoms with van der Waals surface area (Å²) in [6, 6.07) is 9.60. The number of nitro groups is 1. The van der Waals surface area contributed by atoms with Crippen molar-refractivity contribution in [2.24, 2.45) is 0 Å². The number of methoxy groups -OCH3 is 1. The molecule has 0 bridgehead atoms. The summed E-state index contributed by atoms with van der Waals surface area (Å²) in [5, 5.41) is 12.7. The molecule has 1 aliphatic heterocycles. The van der Waals surface area contributed by atoms with Crippen molar-refractivity contribution < 1.29 is 28.8 Å². The van der Waals surface area contributed by atoms with Gasteiger partial charge in [0.05, 0.1) is 27.5 Å². The molecule has 2 aromatic rings. The van der Waals surface area contributed by atoms with Gasteiger partial charge in [0, 0.05) is 17.8 Å². The third kappa shape index (κ3) is 5.13. The fourth-order valence-corrected chi connectivity index (χ4v) is 3.73. The fraction of sp³-hybridized carbons (Fsp3) is 0.100. The zero-order valence-corrected chi connectivity index (χ0v) is 17.9. The molecule has 0 atom stereocenters. The lowest BCUT2D eigenvalue weighted by Gasteiger charge is -2.13. The lowest BCUT2D eigenvalue weighted by Crippen LogP contribution is -2.36. The summed E-state index contributed by atoms with van der Waals surface area (Å²) in [5.41, 5.74) is 0.656. The smallest absolute Gasteiger partial charge is 0.339 e. The van der Waals surface area contributed by atoms with Gasteiger partial charge in [-0.1, -0.05) is 11.6 Å². The highest BCUT2D eigenvalue weighted by molar-refractivity contribution is 8.18. The molecule has 0 aromatic heterocycles. The minimum atomic E-state index is -0.687. The van der Waals surface area contributed by atoms with Crippen molar-refractivity contribution in [3.63, 3.8) is 0 Å². The van der Waals surface area contributed by atoms with Crippen LogP contribution in [0, 0.1) is 10.1 Å². The van der Waals surface area contributed by atoms with Crippen LogP contribution in [-0.4, -0.2) is 46.5 Å². The molecule has 1 fully saturated rings. The number of halogens is 1. The van der Waals surface area contributed by atoms with Crippen molar-refractivity contribution >= 4 is 63.8 Å². The van der Waals surface area contributed by atoms with Gasteiger partial charge < -0.3 is 10.1 Å². The van der Waals surface area contributed by atoms with Gasteiger partial charge in [-0.25, -0.2) is 4.79 Å². The SMILES string of the molecule is COC(=O)c1cc(NC(=O)CN2C(=O)S/C(=C/c3ccc([N+](=O)[O-])cc3)C2=O)ccc1Cl. The van der Waals surface area contributed by atoms with Gasteiger partial charge in [0.25, 0.3) is 16.8 Å². The van der Waals surface area contributed by atoms with Crippen molar-refractivity contribution in [2.75, 3.05) is 19.0 Å². The number of hydrogen-bond donors (Lipinski definition) is 1. The molecule has 0 saturated carbocycles. The molecule has 12 heteroatoms. The Bertz CT molecular complexity index is 1160. The molecule has 164 valence electrons. The van der Waals surface area contributed by atoms with E-state index in [1.165, 1.54) is 55.7 Å². The van der Waals surface area contributed by atoms with Crippen LogP contribution in [0.2, 0.25) is 5.02 Å². The molecular formula is C20H14ClN3O7S. The second-order valence-electron chi connectivity index (χ2n) is 6.35. The zero-order chi connectivity index (χ0) is 23.4. The van der Waals surface area contributed by atoms with Crippen molar-refractivity contribution in [2.45, 2.75) is 0 Å². The van der Waals surface area contributed by atoms with Crippen LogP contribution in [0.4, 0.5) is 16.2 Å². The number of carbonyl (C=O) groups is 4. The maximum Gasteiger partial charge on any atom is 0.339 e. The first-order valence-electron chi connectivity index (χ1n) is 8.87. The van der Waals surface area contributed by atoms with Gasteiger partial charge in [0.1, 0.15) is 6.54 Å². The van der Waals surface area contributed by atoms with E-state index in [2.05, 4.69) is 10.1 Å². The van der Waals surface area contributed by atoms with E-state index in [9.17, 15) is 29.3 Å². The average Bonchev–Trinajstić information content (AvgIpc) is 3.02. The first kappa shape index (κ1) is 23.0. The Morgan fingerprint density at radius 1 is 1.22 bits per heavy atom. The summed E-state index contributed by atoms with van der Waals surface area (Å²) in [7, 11) is 1.19. The van der Waals surface area contributed by atoms with Gasteiger partial charge in [-0.05, 0) is 53.7 Å². The molecule has 0 radical (unpaired) electrons. The van der Waals surface area contributed by atoms with E-state index >= 15 is 0 Å². The highest BCUT2D eigenvalue weighted by atomic mass is 35.5. The largest absolute Gasteiger partial charge is 0.465 e. The summed E-state index contributed by atoms with van der Waals surface area (Å²) in [6.45, 7) is -0.543. The topological polar surface area (TPSA) is 136 Å². The summed E-state index contributed by atoms with van der Waals surface area (Å²) in [5.74, 6) is -2.02. The number of hydrogen-bond acceptors (Lipinski definition) is 8. The quantitative estimate of drug-likeness (QED) is 0.289. The van der Waals surface area contributed by atoms with Crippen LogP contribution in [0.5, 0.6) is 0 Å². The van der Waals surface area contributed by atoms with Gasteiger partial charge >= 0.3 is 5.97 Å². The van der Waals surface area contributed by atoms with Gasteiger partial charge in [-0.2, -0.15) is 0 Å². The van der Waals surface area contributed by atoms with E-state index in [1.54, 1.807) is 0 Å². The predicted molar refractivity (Wildman–Crippen MR) is 117 cm³/mol. The molecule has 1 saturated heterocycles. The van der Waals surface area contributed by atoms with Gasteiger partial charge in [0.15, 0.2) is 0 Å². The number of imide groups is 1. The minimum absolute atomic E-state index is 0.0455. The summed E-state index contributed by atoms with van der Waals surface area (Å²) >= 11 is 6.59. The normalized spacial score (nSPS) is 14.6.